The highest BCUT2D eigenvalue weighted by molar-refractivity contribution is 5.76. The predicted molar refractivity (Wildman–Crippen MR) is 287 cm³/mol. The van der Waals surface area contributed by atoms with E-state index in [0.717, 1.165) is 44.9 Å². The molecule has 390 valence electrons. The van der Waals surface area contributed by atoms with Crippen LogP contribution in [-0.2, 0) is 14.3 Å². The molecule has 0 saturated carbocycles. The van der Waals surface area contributed by atoms with Crippen molar-refractivity contribution in [3.63, 3.8) is 0 Å². The highest BCUT2D eigenvalue weighted by atomic mass is 16.5. The minimum absolute atomic E-state index is 0.00716. The van der Waals surface area contributed by atoms with Crippen molar-refractivity contribution in [2.24, 2.45) is 0 Å². The predicted octanol–water partition coefficient (Wildman–Crippen LogP) is 18.2. The number of ether oxygens (including phenoxy) is 1. The Bertz CT molecular complexity index is 1030. The maximum atomic E-state index is 12.4. The molecule has 0 bridgehead atoms. The molecule has 0 rings (SSSR count). The molecule has 0 aliphatic carbocycles. The van der Waals surface area contributed by atoms with E-state index in [1.165, 1.54) is 250 Å². The summed E-state index contributed by atoms with van der Waals surface area (Å²) in [6, 6.07) is -0.623. The number of carbonyl (C=O) groups is 2. The van der Waals surface area contributed by atoms with E-state index >= 15 is 0 Å². The van der Waals surface area contributed by atoms with Gasteiger partial charge in [0.25, 0.3) is 0 Å². The Morgan fingerprint density at radius 2 is 0.727 bits per heavy atom. The summed E-state index contributed by atoms with van der Waals surface area (Å²) in [5.74, 6) is -0.0589. The summed E-state index contributed by atoms with van der Waals surface area (Å²) in [5, 5.41) is 23.0. The van der Waals surface area contributed by atoms with Gasteiger partial charge in [0.2, 0.25) is 5.91 Å². The molecule has 0 radical (unpaired) electrons. The second-order valence-electron chi connectivity index (χ2n) is 20.3. The number of nitrogens with one attached hydrogen (secondary N) is 1. The van der Waals surface area contributed by atoms with Gasteiger partial charge in [0.05, 0.1) is 25.4 Å². The minimum Gasteiger partial charge on any atom is -0.466 e. The van der Waals surface area contributed by atoms with Gasteiger partial charge < -0.3 is 20.3 Å². The Morgan fingerprint density at radius 3 is 1.12 bits per heavy atom. The topological polar surface area (TPSA) is 95.9 Å². The highest BCUT2D eigenvalue weighted by Crippen LogP contribution is 2.17. The molecule has 66 heavy (non-hydrogen) atoms. The lowest BCUT2D eigenvalue weighted by Gasteiger charge is -2.20. The SMILES string of the molecule is CCCC/C=C\CCCCCCCC(=O)OCCCCCCCCCCCCCCCCCCCCCCCCCCCCCCC(=O)NC(CO)C(O)/C=C/CCCCCCCCCC. The third kappa shape index (κ3) is 51.7. The molecule has 0 aliphatic heterocycles. The zero-order valence-electron chi connectivity index (χ0n) is 44.4. The van der Waals surface area contributed by atoms with Crippen molar-refractivity contribution in [2.75, 3.05) is 13.2 Å². The average Bonchev–Trinajstić information content (AvgIpc) is 3.32. The Morgan fingerprint density at radius 1 is 0.409 bits per heavy atom. The lowest BCUT2D eigenvalue weighted by molar-refractivity contribution is -0.143. The van der Waals surface area contributed by atoms with Crippen molar-refractivity contribution in [3.8, 4) is 0 Å². The van der Waals surface area contributed by atoms with E-state index in [-0.39, 0.29) is 18.5 Å². The van der Waals surface area contributed by atoms with Gasteiger partial charge in [0.15, 0.2) is 0 Å². The smallest absolute Gasteiger partial charge is 0.305 e. The summed E-state index contributed by atoms with van der Waals surface area (Å²) in [6.45, 7) is 4.86. The van der Waals surface area contributed by atoms with E-state index < -0.39 is 12.1 Å². The third-order valence-corrected chi connectivity index (χ3v) is 13.7. The number of unbranched alkanes of at least 4 members (excludes halogenated alkanes) is 42. The van der Waals surface area contributed by atoms with E-state index in [1.807, 2.05) is 6.08 Å². The molecule has 6 nitrogen and oxygen atoms in total. The number of hydrogen-bond donors (Lipinski definition) is 3. The largest absolute Gasteiger partial charge is 0.466 e. The number of allylic oxidation sites excluding steroid dienone is 3. The molecule has 2 unspecified atom stereocenters. The molecule has 0 spiro atoms. The first kappa shape index (κ1) is 64.3. The Hall–Kier alpha value is -1.66. The van der Waals surface area contributed by atoms with Crippen LogP contribution in [0.1, 0.15) is 322 Å². The molecule has 0 aromatic carbocycles. The maximum Gasteiger partial charge on any atom is 0.305 e. The number of esters is 1. The molecular weight excluding hydrogens is 815 g/mol. The van der Waals surface area contributed by atoms with Crippen molar-refractivity contribution in [3.05, 3.63) is 24.3 Å². The van der Waals surface area contributed by atoms with Crippen LogP contribution in [0.5, 0.6) is 0 Å². The number of amides is 1. The fraction of sp³-hybridized carbons (Fsp3) is 0.900. The quantitative estimate of drug-likeness (QED) is 0.0321. The highest BCUT2D eigenvalue weighted by Gasteiger charge is 2.18. The molecule has 0 aliphatic rings. The van der Waals surface area contributed by atoms with Crippen LogP contribution >= 0.6 is 0 Å². The van der Waals surface area contributed by atoms with Gasteiger partial charge in [-0.1, -0.05) is 282 Å². The van der Waals surface area contributed by atoms with Crippen molar-refractivity contribution >= 4 is 11.9 Å². The molecular formula is C60H115NO5. The fourth-order valence-electron chi connectivity index (χ4n) is 9.15. The van der Waals surface area contributed by atoms with Crippen LogP contribution in [0, 0.1) is 0 Å². The fourth-order valence-corrected chi connectivity index (χ4v) is 9.15. The number of carbonyl (C=O) groups excluding carboxylic acids is 2. The van der Waals surface area contributed by atoms with Gasteiger partial charge >= 0.3 is 5.97 Å². The van der Waals surface area contributed by atoms with Crippen molar-refractivity contribution in [2.45, 2.75) is 334 Å². The summed E-state index contributed by atoms with van der Waals surface area (Å²) in [5.41, 5.74) is 0. The Kier molecular flexibility index (Phi) is 54.5. The first-order valence-corrected chi connectivity index (χ1v) is 29.6. The van der Waals surface area contributed by atoms with E-state index in [1.54, 1.807) is 6.08 Å². The number of aliphatic hydroxyl groups is 2. The van der Waals surface area contributed by atoms with E-state index in [9.17, 15) is 19.8 Å². The standard InChI is InChI=1S/C60H115NO5/c1-3-5-7-9-11-13-33-38-42-46-50-54-60(65)66-55-51-47-43-39-35-32-30-28-26-24-22-20-18-16-15-17-19-21-23-25-27-29-31-34-37-41-45-49-53-59(64)61-57(56-62)58(63)52-48-44-40-36-14-12-10-8-6-4-2/h9,11,48,52,57-58,62-63H,3-8,10,12-47,49-51,53-56H2,1-2H3,(H,61,64)/b11-9-,52-48+. The Balaban J connectivity index is 3.33. The number of hydrogen-bond acceptors (Lipinski definition) is 5. The second-order valence-corrected chi connectivity index (χ2v) is 20.3. The van der Waals surface area contributed by atoms with Crippen LogP contribution in [0.4, 0.5) is 0 Å². The van der Waals surface area contributed by atoms with Crippen molar-refractivity contribution in [1.82, 2.24) is 5.32 Å². The number of rotatable bonds is 55. The molecule has 3 N–H and O–H groups in total. The summed E-state index contributed by atoms with van der Waals surface area (Å²) in [4.78, 5) is 24.4. The molecule has 6 heteroatoms. The van der Waals surface area contributed by atoms with Crippen molar-refractivity contribution < 1.29 is 24.5 Å². The normalized spacial score (nSPS) is 12.7. The van der Waals surface area contributed by atoms with Gasteiger partial charge in [-0.2, -0.15) is 0 Å². The Labute approximate surface area is 411 Å². The minimum atomic E-state index is -0.839. The lowest BCUT2D eigenvalue weighted by atomic mass is 10.0. The molecule has 1 amide bonds. The first-order valence-electron chi connectivity index (χ1n) is 29.6. The summed E-state index contributed by atoms with van der Waals surface area (Å²) < 4.78 is 5.46. The van der Waals surface area contributed by atoms with Gasteiger partial charge in [-0.3, -0.25) is 9.59 Å². The van der Waals surface area contributed by atoms with Crippen LogP contribution in [-0.4, -0.2) is 47.4 Å². The zero-order valence-corrected chi connectivity index (χ0v) is 44.4. The molecule has 0 saturated heterocycles. The van der Waals surface area contributed by atoms with Gasteiger partial charge in [0, 0.05) is 12.8 Å². The average molecular weight is 931 g/mol. The van der Waals surface area contributed by atoms with Crippen LogP contribution in [0.2, 0.25) is 0 Å². The molecule has 0 fully saturated rings. The van der Waals surface area contributed by atoms with Crippen LogP contribution in [0.3, 0.4) is 0 Å². The first-order chi connectivity index (χ1) is 32.5. The van der Waals surface area contributed by atoms with Gasteiger partial charge in [0.1, 0.15) is 0 Å². The van der Waals surface area contributed by atoms with Crippen LogP contribution < -0.4 is 5.32 Å². The van der Waals surface area contributed by atoms with Gasteiger partial charge in [-0.05, 0) is 51.4 Å². The van der Waals surface area contributed by atoms with E-state index in [0.29, 0.717) is 19.4 Å². The monoisotopic (exact) mass is 930 g/mol. The summed E-state index contributed by atoms with van der Waals surface area (Å²) in [7, 11) is 0. The van der Waals surface area contributed by atoms with Gasteiger partial charge in [-0.25, -0.2) is 0 Å². The van der Waals surface area contributed by atoms with E-state index in [4.69, 9.17) is 4.74 Å². The third-order valence-electron chi connectivity index (χ3n) is 13.7. The summed E-state index contributed by atoms with van der Waals surface area (Å²) >= 11 is 0. The molecule has 0 heterocycles. The van der Waals surface area contributed by atoms with E-state index in [2.05, 4.69) is 31.3 Å². The lowest BCUT2D eigenvalue weighted by Crippen LogP contribution is -2.45. The molecule has 2 atom stereocenters. The second kappa shape index (κ2) is 55.9. The van der Waals surface area contributed by atoms with Crippen LogP contribution in [0.25, 0.3) is 0 Å². The number of aliphatic hydroxyl groups excluding tert-OH is 2. The van der Waals surface area contributed by atoms with Crippen LogP contribution in [0.15, 0.2) is 24.3 Å². The molecule has 0 aromatic heterocycles. The van der Waals surface area contributed by atoms with Crippen molar-refractivity contribution in [1.29, 1.82) is 0 Å². The molecule has 0 aromatic rings. The summed E-state index contributed by atoms with van der Waals surface area (Å²) in [6.07, 6.45) is 68.0. The maximum absolute atomic E-state index is 12.4. The van der Waals surface area contributed by atoms with Gasteiger partial charge in [-0.15, -0.1) is 0 Å². The zero-order chi connectivity index (χ0) is 47.9.